The number of rotatable bonds is 4. The van der Waals surface area contributed by atoms with Crippen molar-refractivity contribution < 1.29 is 4.39 Å². The van der Waals surface area contributed by atoms with Crippen molar-refractivity contribution in [3.05, 3.63) is 68.9 Å². The molecule has 0 saturated carbocycles. The Kier molecular flexibility index (Phi) is 5.43. The van der Waals surface area contributed by atoms with Crippen molar-refractivity contribution in [2.45, 2.75) is 12.3 Å². The molecule has 0 nitrogen and oxygen atoms in total. The Hall–Kier alpha value is -0.380. The maximum atomic E-state index is 13.5. The normalized spacial score (nSPS) is 12.4. The molecule has 19 heavy (non-hydrogen) atoms. The monoisotopic (exact) mass is 404 g/mol. The van der Waals surface area contributed by atoms with Gasteiger partial charge >= 0.3 is 0 Å². The molecule has 0 N–H and O–H groups in total. The predicted molar refractivity (Wildman–Crippen MR) is 85.8 cm³/mol. The van der Waals surface area contributed by atoms with Gasteiger partial charge in [0, 0.05) is 10.4 Å². The highest BCUT2D eigenvalue weighted by Crippen LogP contribution is 2.29. The van der Waals surface area contributed by atoms with Crippen molar-refractivity contribution in [2.75, 3.05) is 5.33 Å². The number of alkyl halides is 1. The maximum absolute atomic E-state index is 13.5. The Morgan fingerprint density at radius 2 is 1.79 bits per heavy atom. The molecule has 0 aliphatic heterocycles. The highest BCUT2D eigenvalue weighted by atomic mass is 79.9. The van der Waals surface area contributed by atoms with Crippen LogP contribution in [0.2, 0.25) is 5.02 Å². The first-order chi connectivity index (χ1) is 9.11. The van der Waals surface area contributed by atoms with Crippen LogP contribution in [0.1, 0.15) is 17.0 Å². The van der Waals surface area contributed by atoms with E-state index in [2.05, 4.69) is 31.9 Å². The summed E-state index contributed by atoms with van der Waals surface area (Å²) in [5.41, 5.74) is 2.16. The summed E-state index contributed by atoms with van der Waals surface area (Å²) in [5, 5.41) is 1.54. The van der Waals surface area contributed by atoms with Gasteiger partial charge in [0.15, 0.2) is 0 Å². The standard InChI is InChI=1S/C15H12Br2ClF/c16-9-12(10-4-6-13(18)7-5-10)8-11-2-1-3-14(19)15(11)17/h1-7,12H,8-9H2. The average molecular weight is 407 g/mol. The van der Waals surface area contributed by atoms with E-state index < -0.39 is 0 Å². The number of halogens is 4. The van der Waals surface area contributed by atoms with Crippen LogP contribution >= 0.6 is 43.5 Å². The maximum Gasteiger partial charge on any atom is 0.137 e. The smallest absolute Gasteiger partial charge is 0.137 e. The molecule has 1 atom stereocenters. The van der Waals surface area contributed by atoms with Crippen LogP contribution in [0.25, 0.3) is 0 Å². The minimum absolute atomic E-state index is 0.220. The molecule has 0 heterocycles. The van der Waals surface area contributed by atoms with Gasteiger partial charge in [-0.25, -0.2) is 4.39 Å². The molecule has 100 valence electrons. The largest absolute Gasteiger partial charge is 0.206 e. The Morgan fingerprint density at radius 3 is 2.42 bits per heavy atom. The highest BCUT2D eigenvalue weighted by molar-refractivity contribution is 9.10. The summed E-state index contributed by atoms with van der Waals surface area (Å²) in [6.45, 7) is 0. The molecular weight excluding hydrogens is 394 g/mol. The van der Waals surface area contributed by atoms with E-state index in [-0.39, 0.29) is 11.7 Å². The fourth-order valence-electron chi connectivity index (χ4n) is 1.97. The van der Waals surface area contributed by atoms with Crippen LogP contribution < -0.4 is 0 Å². The molecule has 1 unspecified atom stereocenters. The Balaban J connectivity index is 2.24. The number of hydrogen-bond acceptors (Lipinski definition) is 0. The zero-order valence-corrected chi connectivity index (χ0v) is 14.0. The average Bonchev–Trinajstić information content (AvgIpc) is 2.42. The van der Waals surface area contributed by atoms with Gasteiger partial charge in [-0.15, -0.1) is 0 Å². The van der Waals surface area contributed by atoms with Crippen LogP contribution in [0.3, 0.4) is 0 Å². The molecule has 0 radical (unpaired) electrons. The van der Waals surface area contributed by atoms with E-state index in [0.29, 0.717) is 4.47 Å². The van der Waals surface area contributed by atoms with Crippen LogP contribution in [-0.2, 0) is 6.42 Å². The third kappa shape index (κ3) is 3.80. The third-order valence-electron chi connectivity index (χ3n) is 3.03. The number of benzene rings is 2. The predicted octanol–water partition coefficient (Wildman–Crippen LogP) is 5.96. The minimum atomic E-state index is -0.220. The van der Waals surface area contributed by atoms with E-state index >= 15 is 0 Å². The molecule has 0 fully saturated rings. The van der Waals surface area contributed by atoms with Gasteiger partial charge < -0.3 is 0 Å². The lowest BCUT2D eigenvalue weighted by molar-refractivity contribution is 0.616. The summed E-state index contributed by atoms with van der Waals surface area (Å²) in [4.78, 5) is 0. The molecule has 2 aromatic carbocycles. The zero-order chi connectivity index (χ0) is 13.8. The SMILES string of the molecule is Fc1cccc(CC(CBr)c2ccc(Cl)cc2)c1Br. The van der Waals surface area contributed by atoms with Crippen LogP contribution in [0.4, 0.5) is 4.39 Å². The summed E-state index contributed by atoms with van der Waals surface area (Å²) >= 11 is 12.7. The fourth-order valence-corrected chi connectivity index (χ4v) is 3.12. The van der Waals surface area contributed by atoms with Crippen LogP contribution in [-0.4, -0.2) is 5.33 Å². The van der Waals surface area contributed by atoms with Crippen LogP contribution in [0.15, 0.2) is 46.9 Å². The third-order valence-corrected chi connectivity index (χ3v) is 4.95. The van der Waals surface area contributed by atoms with Gasteiger partial charge in [0.05, 0.1) is 4.47 Å². The molecule has 2 aromatic rings. The molecular formula is C15H12Br2ClF. The molecule has 4 heteroatoms. The second-order valence-electron chi connectivity index (χ2n) is 4.32. The van der Waals surface area contributed by atoms with Crippen LogP contribution in [0.5, 0.6) is 0 Å². The first-order valence-electron chi connectivity index (χ1n) is 5.86. The summed E-state index contributed by atoms with van der Waals surface area (Å²) in [7, 11) is 0. The fraction of sp³-hybridized carbons (Fsp3) is 0.200. The quantitative estimate of drug-likeness (QED) is 0.550. The van der Waals surface area contributed by atoms with E-state index in [4.69, 9.17) is 11.6 Å². The van der Waals surface area contributed by atoms with Gasteiger partial charge in [0.1, 0.15) is 5.82 Å². The van der Waals surface area contributed by atoms with E-state index in [1.807, 2.05) is 30.3 Å². The molecule has 0 saturated heterocycles. The summed E-state index contributed by atoms with van der Waals surface area (Å²) in [5.74, 6) is 0.0669. The van der Waals surface area contributed by atoms with Gasteiger partial charge in [-0.2, -0.15) is 0 Å². The molecule has 0 spiro atoms. The summed E-state index contributed by atoms with van der Waals surface area (Å²) in [6, 6.07) is 12.9. The highest BCUT2D eigenvalue weighted by Gasteiger charge is 2.14. The van der Waals surface area contributed by atoms with Gasteiger partial charge in [0.25, 0.3) is 0 Å². The second kappa shape index (κ2) is 6.87. The Bertz CT molecular complexity index is 555. The van der Waals surface area contributed by atoms with E-state index in [1.165, 1.54) is 11.6 Å². The van der Waals surface area contributed by atoms with E-state index in [0.717, 1.165) is 22.3 Å². The lowest BCUT2D eigenvalue weighted by atomic mass is 9.94. The Labute approximate surface area is 134 Å². The van der Waals surface area contributed by atoms with Crippen molar-refractivity contribution in [3.8, 4) is 0 Å². The van der Waals surface area contributed by atoms with Crippen molar-refractivity contribution in [1.29, 1.82) is 0 Å². The van der Waals surface area contributed by atoms with Crippen molar-refractivity contribution >= 4 is 43.5 Å². The van der Waals surface area contributed by atoms with Crippen molar-refractivity contribution in [3.63, 3.8) is 0 Å². The molecule has 0 bridgehead atoms. The van der Waals surface area contributed by atoms with Crippen molar-refractivity contribution in [1.82, 2.24) is 0 Å². The molecule has 0 aliphatic carbocycles. The van der Waals surface area contributed by atoms with Gasteiger partial charge in [-0.05, 0) is 57.6 Å². The minimum Gasteiger partial charge on any atom is -0.206 e. The summed E-state index contributed by atoms with van der Waals surface area (Å²) < 4.78 is 14.1. The molecule has 2 rings (SSSR count). The second-order valence-corrected chi connectivity index (χ2v) is 6.20. The van der Waals surface area contributed by atoms with Crippen LogP contribution in [0, 0.1) is 5.82 Å². The van der Waals surface area contributed by atoms with E-state index in [9.17, 15) is 4.39 Å². The van der Waals surface area contributed by atoms with Gasteiger partial charge in [-0.1, -0.05) is 51.8 Å². The number of hydrogen-bond donors (Lipinski definition) is 0. The summed E-state index contributed by atoms with van der Waals surface area (Å²) in [6.07, 6.45) is 0.769. The zero-order valence-electron chi connectivity index (χ0n) is 10.0. The first-order valence-corrected chi connectivity index (χ1v) is 8.15. The Morgan fingerprint density at radius 1 is 1.11 bits per heavy atom. The molecule has 0 aliphatic rings. The van der Waals surface area contributed by atoms with Gasteiger partial charge in [0.2, 0.25) is 0 Å². The first kappa shape index (κ1) is 15.0. The lowest BCUT2D eigenvalue weighted by Gasteiger charge is -2.16. The van der Waals surface area contributed by atoms with Gasteiger partial charge in [-0.3, -0.25) is 0 Å². The molecule has 0 aromatic heterocycles. The lowest BCUT2D eigenvalue weighted by Crippen LogP contribution is -2.05. The van der Waals surface area contributed by atoms with Crippen molar-refractivity contribution in [2.24, 2.45) is 0 Å². The topological polar surface area (TPSA) is 0 Å². The van der Waals surface area contributed by atoms with E-state index in [1.54, 1.807) is 6.07 Å². The molecule has 0 amide bonds.